The highest BCUT2D eigenvalue weighted by atomic mass is 32.2. The van der Waals surface area contributed by atoms with Crippen molar-refractivity contribution in [3.63, 3.8) is 0 Å². The molecule has 3 amide bonds. The Hall–Kier alpha value is -3.40. The number of anilines is 1. The van der Waals surface area contributed by atoms with Gasteiger partial charge < -0.3 is 5.32 Å². The van der Waals surface area contributed by atoms with Crippen LogP contribution in [0.3, 0.4) is 0 Å². The number of amides is 3. The number of hydrogen-bond donors (Lipinski definition) is 3. The van der Waals surface area contributed by atoms with Crippen LogP contribution < -0.4 is 16.2 Å². The molecule has 9 nitrogen and oxygen atoms in total. The van der Waals surface area contributed by atoms with Crippen molar-refractivity contribution in [1.82, 2.24) is 15.2 Å². The highest BCUT2D eigenvalue weighted by molar-refractivity contribution is 7.90. The van der Waals surface area contributed by atoms with E-state index < -0.39 is 33.8 Å². The van der Waals surface area contributed by atoms with Crippen molar-refractivity contribution in [2.45, 2.75) is 38.6 Å². The summed E-state index contributed by atoms with van der Waals surface area (Å²) in [7, 11) is -4.02. The maximum Gasteiger partial charge on any atom is 0.269 e. The van der Waals surface area contributed by atoms with Crippen LogP contribution in [0.1, 0.15) is 45.7 Å². The minimum atomic E-state index is -4.02. The number of hydrogen-bond acceptors (Lipinski definition) is 6. The molecule has 31 heavy (non-hydrogen) atoms. The quantitative estimate of drug-likeness (QED) is 0.603. The Labute approximate surface area is 180 Å². The predicted octanol–water partition coefficient (Wildman–Crippen LogP) is 1.73. The molecule has 3 rings (SSSR count). The van der Waals surface area contributed by atoms with Gasteiger partial charge in [0.05, 0.1) is 12.1 Å². The van der Waals surface area contributed by atoms with Crippen molar-refractivity contribution < 1.29 is 22.8 Å². The molecule has 10 heteroatoms. The maximum atomic E-state index is 12.6. The third-order valence-corrected chi connectivity index (χ3v) is 6.82. The van der Waals surface area contributed by atoms with E-state index in [1.165, 1.54) is 12.1 Å². The van der Waals surface area contributed by atoms with Gasteiger partial charge in [0.15, 0.2) is 0 Å². The van der Waals surface area contributed by atoms with E-state index in [0.29, 0.717) is 0 Å². The largest absolute Gasteiger partial charge is 0.376 e. The van der Waals surface area contributed by atoms with Gasteiger partial charge in [0.1, 0.15) is 4.90 Å². The fraction of sp³-hybridized carbons (Fsp3) is 0.286. The van der Waals surface area contributed by atoms with E-state index in [-0.39, 0.29) is 22.6 Å². The van der Waals surface area contributed by atoms with Crippen LogP contribution >= 0.6 is 0 Å². The molecular weight excluding hydrogens is 420 g/mol. The second-order valence-corrected chi connectivity index (χ2v) is 9.37. The molecular formula is C21H24N4O5S. The van der Waals surface area contributed by atoms with Crippen LogP contribution in [0.25, 0.3) is 0 Å². The highest BCUT2D eigenvalue weighted by Crippen LogP contribution is 2.32. The van der Waals surface area contributed by atoms with E-state index in [1.54, 1.807) is 13.8 Å². The lowest BCUT2D eigenvalue weighted by atomic mass is 10.1. The van der Waals surface area contributed by atoms with Crippen molar-refractivity contribution in [2.24, 2.45) is 0 Å². The molecule has 0 fully saturated rings. The van der Waals surface area contributed by atoms with Gasteiger partial charge in [-0.25, -0.2) is 12.7 Å². The van der Waals surface area contributed by atoms with E-state index in [1.807, 2.05) is 32.0 Å². The first-order valence-corrected chi connectivity index (χ1v) is 11.1. The monoisotopic (exact) mass is 444 g/mol. The van der Waals surface area contributed by atoms with Crippen molar-refractivity contribution >= 4 is 33.4 Å². The number of sulfonamides is 1. The van der Waals surface area contributed by atoms with E-state index in [0.717, 1.165) is 27.2 Å². The normalized spacial score (nSPS) is 14.4. The first-order valence-electron chi connectivity index (χ1n) is 9.65. The van der Waals surface area contributed by atoms with Gasteiger partial charge in [0.2, 0.25) is 0 Å². The lowest BCUT2D eigenvalue weighted by Gasteiger charge is -2.18. The SMILES string of the molecule is Cc1ccc(NCC(=O)NNC(=O)c2ccc3c(c2)S(=O)(=O)N(C(C)C)C3=O)c(C)c1. The first-order chi connectivity index (χ1) is 14.5. The molecule has 0 spiro atoms. The van der Waals surface area contributed by atoms with Gasteiger partial charge in [0, 0.05) is 17.3 Å². The summed E-state index contributed by atoms with van der Waals surface area (Å²) in [6.07, 6.45) is 0. The fourth-order valence-electron chi connectivity index (χ4n) is 3.33. The second kappa shape index (κ2) is 8.38. The molecule has 0 saturated heterocycles. The van der Waals surface area contributed by atoms with E-state index >= 15 is 0 Å². The van der Waals surface area contributed by atoms with Crippen LogP contribution in [-0.2, 0) is 14.8 Å². The molecule has 0 atom stereocenters. The summed E-state index contributed by atoms with van der Waals surface area (Å²) in [4.78, 5) is 36.6. The fourth-order valence-corrected chi connectivity index (χ4v) is 5.12. The van der Waals surface area contributed by atoms with Crippen LogP contribution in [0, 0.1) is 13.8 Å². The maximum absolute atomic E-state index is 12.6. The number of carbonyl (C=O) groups is 3. The van der Waals surface area contributed by atoms with E-state index in [2.05, 4.69) is 16.2 Å². The van der Waals surface area contributed by atoms with E-state index in [4.69, 9.17) is 0 Å². The molecule has 3 N–H and O–H groups in total. The summed E-state index contributed by atoms with van der Waals surface area (Å²) < 4.78 is 26.1. The standard InChI is InChI=1S/C21H24N4O5S/c1-12(2)25-21(28)16-7-6-15(10-18(16)31(25,29)30)20(27)24-23-19(26)11-22-17-8-5-13(3)9-14(17)4/h5-10,12,22H,11H2,1-4H3,(H,23,26)(H,24,27). The average Bonchev–Trinajstić information content (AvgIpc) is 2.90. The molecule has 0 unspecified atom stereocenters. The molecule has 1 heterocycles. The minimum Gasteiger partial charge on any atom is -0.376 e. The van der Waals surface area contributed by atoms with E-state index in [9.17, 15) is 22.8 Å². The molecule has 1 aliphatic rings. The molecule has 2 aromatic rings. The number of nitrogens with one attached hydrogen (secondary N) is 3. The summed E-state index contributed by atoms with van der Waals surface area (Å²) in [6.45, 7) is 7.01. The molecule has 0 saturated carbocycles. The van der Waals surface area contributed by atoms with Gasteiger partial charge in [-0.15, -0.1) is 0 Å². The van der Waals surface area contributed by atoms with Gasteiger partial charge in [-0.2, -0.15) is 0 Å². The predicted molar refractivity (Wildman–Crippen MR) is 115 cm³/mol. The third-order valence-electron chi connectivity index (χ3n) is 4.82. The molecule has 0 aromatic heterocycles. The lowest BCUT2D eigenvalue weighted by Crippen LogP contribution is -2.44. The number of nitrogens with zero attached hydrogens (tertiary/aromatic N) is 1. The summed E-state index contributed by atoms with van der Waals surface area (Å²) in [5.74, 6) is -1.81. The Morgan fingerprint density at radius 3 is 2.39 bits per heavy atom. The first kappa shape index (κ1) is 22.3. The van der Waals surface area contributed by atoms with Gasteiger partial charge >= 0.3 is 0 Å². The summed E-state index contributed by atoms with van der Waals surface area (Å²) in [5.41, 5.74) is 7.45. The summed E-state index contributed by atoms with van der Waals surface area (Å²) in [5, 5.41) is 2.98. The molecule has 0 bridgehead atoms. The Kier molecular flexibility index (Phi) is 6.03. The molecule has 164 valence electrons. The second-order valence-electron chi connectivity index (χ2n) is 7.58. The van der Waals surface area contributed by atoms with Gasteiger partial charge in [-0.3, -0.25) is 25.2 Å². The Morgan fingerprint density at radius 1 is 1.03 bits per heavy atom. The average molecular weight is 445 g/mol. The highest BCUT2D eigenvalue weighted by Gasteiger charge is 2.42. The smallest absolute Gasteiger partial charge is 0.269 e. The molecule has 2 aromatic carbocycles. The Morgan fingerprint density at radius 2 is 1.74 bits per heavy atom. The Bertz CT molecular complexity index is 1170. The van der Waals surface area contributed by atoms with Gasteiger partial charge in [-0.05, 0) is 57.5 Å². The zero-order valence-corrected chi connectivity index (χ0v) is 18.5. The topological polar surface area (TPSA) is 125 Å². The third kappa shape index (κ3) is 4.38. The summed E-state index contributed by atoms with van der Waals surface area (Å²) in [6, 6.07) is 8.99. The zero-order valence-electron chi connectivity index (χ0n) is 17.6. The van der Waals surface area contributed by atoms with Crippen LogP contribution in [-0.4, -0.2) is 43.0 Å². The Balaban J connectivity index is 1.64. The zero-order chi connectivity index (χ0) is 22.9. The number of rotatable bonds is 5. The van der Waals surface area contributed by atoms with Crippen molar-refractivity contribution in [3.05, 3.63) is 58.7 Å². The number of aryl methyl sites for hydroxylation is 2. The van der Waals surface area contributed by atoms with Crippen LogP contribution in [0.15, 0.2) is 41.3 Å². The van der Waals surface area contributed by atoms with Crippen LogP contribution in [0.5, 0.6) is 0 Å². The number of fused-ring (bicyclic) bond motifs is 1. The van der Waals surface area contributed by atoms with Crippen LogP contribution in [0.4, 0.5) is 5.69 Å². The molecule has 1 aliphatic heterocycles. The minimum absolute atomic E-state index is 0.00312. The molecule has 0 radical (unpaired) electrons. The van der Waals surface area contributed by atoms with Crippen molar-refractivity contribution in [2.75, 3.05) is 11.9 Å². The molecule has 0 aliphatic carbocycles. The summed E-state index contributed by atoms with van der Waals surface area (Å²) >= 11 is 0. The van der Waals surface area contributed by atoms with Crippen LogP contribution in [0.2, 0.25) is 0 Å². The van der Waals surface area contributed by atoms with Gasteiger partial charge in [-0.1, -0.05) is 17.7 Å². The van der Waals surface area contributed by atoms with Gasteiger partial charge in [0.25, 0.3) is 27.7 Å². The van der Waals surface area contributed by atoms with Crippen molar-refractivity contribution in [1.29, 1.82) is 0 Å². The number of benzene rings is 2. The number of carbonyl (C=O) groups excluding carboxylic acids is 3. The lowest BCUT2D eigenvalue weighted by molar-refractivity contribution is -0.120. The van der Waals surface area contributed by atoms with Crippen molar-refractivity contribution in [3.8, 4) is 0 Å². The number of hydrazine groups is 1.